The van der Waals surface area contributed by atoms with E-state index in [4.69, 9.17) is 23.2 Å². The van der Waals surface area contributed by atoms with Gasteiger partial charge in [0.25, 0.3) is 0 Å². The SMILES string of the molecule is Cc1nnc2c(Cl)nc3ccc(Cl)cc3n12. The van der Waals surface area contributed by atoms with Crippen molar-refractivity contribution in [1.29, 1.82) is 0 Å². The van der Waals surface area contributed by atoms with Gasteiger partial charge in [0.15, 0.2) is 10.8 Å². The van der Waals surface area contributed by atoms with Crippen molar-refractivity contribution in [1.82, 2.24) is 19.6 Å². The average Bonchev–Trinajstić information content (AvgIpc) is 2.63. The van der Waals surface area contributed by atoms with Crippen LogP contribution in [0.5, 0.6) is 0 Å². The van der Waals surface area contributed by atoms with Crippen LogP contribution >= 0.6 is 23.2 Å². The number of aryl methyl sites for hydroxylation is 1. The van der Waals surface area contributed by atoms with Gasteiger partial charge >= 0.3 is 0 Å². The van der Waals surface area contributed by atoms with Crippen LogP contribution in [0, 0.1) is 6.92 Å². The van der Waals surface area contributed by atoms with Gasteiger partial charge in [-0.05, 0) is 25.1 Å². The molecule has 0 aliphatic carbocycles. The molecule has 16 heavy (non-hydrogen) atoms. The second-order valence-electron chi connectivity index (χ2n) is 3.44. The summed E-state index contributed by atoms with van der Waals surface area (Å²) < 4.78 is 1.84. The largest absolute Gasteiger partial charge is 0.275 e. The minimum Gasteiger partial charge on any atom is -0.275 e. The summed E-state index contributed by atoms with van der Waals surface area (Å²) in [5.41, 5.74) is 2.17. The van der Waals surface area contributed by atoms with Gasteiger partial charge in [0.05, 0.1) is 11.0 Å². The minimum absolute atomic E-state index is 0.343. The highest BCUT2D eigenvalue weighted by Gasteiger charge is 2.11. The highest BCUT2D eigenvalue weighted by Crippen LogP contribution is 2.23. The number of fused-ring (bicyclic) bond motifs is 3. The number of nitrogens with zero attached hydrogens (tertiary/aromatic N) is 4. The van der Waals surface area contributed by atoms with Gasteiger partial charge in [0.2, 0.25) is 0 Å². The van der Waals surface area contributed by atoms with E-state index in [2.05, 4.69) is 15.2 Å². The number of hydrogen-bond acceptors (Lipinski definition) is 3. The van der Waals surface area contributed by atoms with Crippen LogP contribution in [0.4, 0.5) is 0 Å². The summed E-state index contributed by atoms with van der Waals surface area (Å²) in [4.78, 5) is 4.24. The molecule has 0 unspecified atom stereocenters. The summed E-state index contributed by atoms with van der Waals surface area (Å²) in [6.07, 6.45) is 0. The Bertz CT molecular complexity index is 705. The average molecular weight is 253 g/mol. The van der Waals surface area contributed by atoms with E-state index in [9.17, 15) is 0 Å². The second-order valence-corrected chi connectivity index (χ2v) is 4.24. The van der Waals surface area contributed by atoms with Gasteiger partial charge in [-0.3, -0.25) is 4.40 Å². The first kappa shape index (κ1) is 9.81. The molecule has 0 aliphatic rings. The molecule has 0 amide bonds. The number of rotatable bonds is 0. The van der Waals surface area contributed by atoms with Crippen molar-refractivity contribution in [3.63, 3.8) is 0 Å². The van der Waals surface area contributed by atoms with Crippen LogP contribution in [-0.4, -0.2) is 19.6 Å². The molecule has 0 spiro atoms. The van der Waals surface area contributed by atoms with Crippen LogP contribution in [0.1, 0.15) is 5.82 Å². The standard InChI is InChI=1S/C10H6Cl2N4/c1-5-14-15-10-9(12)13-7-3-2-6(11)4-8(7)16(5)10/h2-4H,1H3. The number of halogens is 2. The van der Waals surface area contributed by atoms with Gasteiger partial charge in [-0.15, -0.1) is 10.2 Å². The predicted molar refractivity (Wildman–Crippen MR) is 63.0 cm³/mol. The molecule has 4 nitrogen and oxygen atoms in total. The summed E-state index contributed by atoms with van der Waals surface area (Å²) in [7, 11) is 0. The summed E-state index contributed by atoms with van der Waals surface area (Å²) in [5.74, 6) is 0.756. The van der Waals surface area contributed by atoms with Gasteiger partial charge in [0.1, 0.15) is 5.82 Å². The number of aromatic nitrogens is 4. The Morgan fingerprint density at radius 2 is 2.00 bits per heavy atom. The lowest BCUT2D eigenvalue weighted by molar-refractivity contribution is 1.02. The highest BCUT2D eigenvalue weighted by atomic mass is 35.5. The van der Waals surface area contributed by atoms with Gasteiger partial charge in [-0.1, -0.05) is 23.2 Å². The molecule has 0 N–H and O–H groups in total. The first-order chi connectivity index (χ1) is 7.66. The van der Waals surface area contributed by atoms with E-state index in [-0.39, 0.29) is 0 Å². The molecule has 1 aromatic carbocycles. The lowest BCUT2D eigenvalue weighted by atomic mass is 10.3. The van der Waals surface area contributed by atoms with Gasteiger partial charge < -0.3 is 0 Å². The smallest absolute Gasteiger partial charge is 0.199 e. The Labute approximate surface area is 101 Å². The minimum atomic E-state index is 0.343. The van der Waals surface area contributed by atoms with Crippen molar-refractivity contribution in [2.24, 2.45) is 0 Å². The summed E-state index contributed by atoms with van der Waals surface area (Å²) in [6, 6.07) is 5.42. The Kier molecular flexibility index (Phi) is 2.02. The van der Waals surface area contributed by atoms with E-state index in [1.54, 1.807) is 6.07 Å². The molecule has 2 heterocycles. The topological polar surface area (TPSA) is 43.1 Å². The Morgan fingerprint density at radius 3 is 2.81 bits per heavy atom. The van der Waals surface area contributed by atoms with E-state index in [1.807, 2.05) is 23.5 Å². The van der Waals surface area contributed by atoms with Crippen molar-refractivity contribution >= 4 is 39.9 Å². The molecule has 0 aliphatic heterocycles. The van der Waals surface area contributed by atoms with Crippen molar-refractivity contribution in [2.75, 3.05) is 0 Å². The molecule has 3 aromatic rings. The van der Waals surface area contributed by atoms with Crippen LogP contribution < -0.4 is 0 Å². The van der Waals surface area contributed by atoms with E-state index >= 15 is 0 Å². The monoisotopic (exact) mass is 252 g/mol. The molecule has 0 atom stereocenters. The van der Waals surface area contributed by atoms with Crippen LogP contribution in [0.15, 0.2) is 18.2 Å². The molecule has 0 radical (unpaired) electrons. The molecule has 3 rings (SSSR count). The summed E-state index contributed by atoms with van der Waals surface area (Å²) >= 11 is 12.0. The van der Waals surface area contributed by atoms with Crippen molar-refractivity contribution in [2.45, 2.75) is 6.92 Å². The fraction of sp³-hybridized carbons (Fsp3) is 0.100. The van der Waals surface area contributed by atoms with E-state index in [1.165, 1.54) is 0 Å². The lowest BCUT2D eigenvalue weighted by Crippen LogP contribution is -1.94. The van der Waals surface area contributed by atoms with Gasteiger partial charge in [-0.25, -0.2) is 4.98 Å². The number of benzene rings is 1. The maximum absolute atomic E-state index is 6.02. The number of hydrogen-bond donors (Lipinski definition) is 0. The molecule has 6 heteroatoms. The van der Waals surface area contributed by atoms with Crippen LogP contribution in [0.2, 0.25) is 10.2 Å². The third-order valence-corrected chi connectivity index (χ3v) is 2.89. The summed E-state index contributed by atoms with van der Waals surface area (Å²) in [6.45, 7) is 1.86. The van der Waals surface area contributed by atoms with Crippen molar-refractivity contribution in [3.05, 3.63) is 34.2 Å². The fourth-order valence-electron chi connectivity index (χ4n) is 1.71. The van der Waals surface area contributed by atoms with Crippen molar-refractivity contribution in [3.8, 4) is 0 Å². The van der Waals surface area contributed by atoms with Crippen LogP contribution in [0.3, 0.4) is 0 Å². The van der Waals surface area contributed by atoms with Crippen molar-refractivity contribution < 1.29 is 0 Å². The lowest BCUT2D eigenvalue weighted by Gasteiger charge is -2.03. The normalized spacial score (nSPS) is 11.4. The Balaban J connectivity index is 2.64. The zero-order chi connectivity index (χ0) is 11.3. The first-order valence-corrected chi connectivity index (χ1v) is 5.39. The van der Waals surface area contributed by atoms with Crippen LogP contribution in [-0.2, 0) is 0 Å². The molecule has 80 valence electrons. The third kappa shape index (κ3) is 1.27. The predicted octanol–water partition coefficient (Wildman–Crippen LogP) is 2.89. The third-order valence-electron chi connectivity index (χ3n) is 2.41. The first-order valence-electron chi connectivity index (χ1n) is 4.63. The summed E-state index contributed by atoms with van der Waals surface area (Å²) in [5, 5.41) is 8.94. The second kappa shape index (κ2) is 3.30. The van der Waals surface area contributed by atoms with Crippen LogP contribution in [0.25, 0.3) is 16.7 Å². The molecule has 0 saturated heterocycles. The van der Waals surface area contributed by atoms with E-state index in [0.29, 0.717) is 15.8 Å². The molecule has 2 aromatic heterocycles. The van der Waals surface area contributed by atoms with Gasteiger partial charge in [-0.2, -0.15) is 0 Å². The molecular weight excluding hydrogens is 247 g/mol. The Hall–Kier alpha value is -1.39. The molecule has 0 saturated carbocycles. The zero-order valence-electron chi connectivity index (χ0n) is 8.28. The molecule has 0 fully saturated rings. The fourth-order valence-corrected chi connectivity index (χ4v) is 2.09. The maximum Gasteiger partial charge on any atom is 0.199 e. The quantitative estimate of drug-likeness (QED) is 0.618. The Morgan fingerprint density at radius 1 is 1.19 bits per heavy atom. The maximum atomic E-state index is 6.02. The van der Waals surface area contributed by atoms with Gasteiger partial charge in [0, 0.05) is 5.02 Å². The van der Waals surface area contributed by atoms with E-state index in [0.717, 1.165) is 16.9 Å². The van der Waals surface area contributed by atoms with E-state index < -0.39 is 0 Å². The highest BCUT2D eigenvalue weighted by molar-refractivity contribution is 6.33. The molecular formula is C10H6Cl2N4. The zero-order valence-corrected chi connectivity index (χ0v) is 9.79. The molecule has 0 bridgehead atoms.